The fourth-order valence-corrected chi connectivity index (χ4v) is 3.51. The van der Waals surface area contributed by atoms with Gasteiger partial charge in [-0.3, -0.25) is 4.79 Å². The van der Waals surface area contributed by atoms with Crippen molar-refractivity contribution in [1.29, 1.82) is 0 Å². The van der Waals surface area contributed by atoms with Crippen LogP contribution in [0.1, 0.15) is 27.6 Å². The van der Waals surface area contributed by atoms with Crippen LogP contribution in [0.2, 0.25) is 5.02 Å². The molecule has 190 valence electrons. The van der Waals surface area contributed by atoms with Gasteiger partial charge in [-0.1, -0.05) is 41.9 Å². The van der Waals surface area contributed by atoms with Crippen molar-refractivity contribution in [3.05, 3.63) is 82.4 Å². The molecule has 0 spiro atoms. The van der Waals surface area contributed by atoms with Gasteiger partial charge in [-0.2, -0.15) is 13.2 Å². The number of methoxy groups -OCH3 is 3. The molecule has 0 unspecified atom stereocenters. The smallest absolute Gasteiger partial charge is 0.417 e. The van der Waals surface area contributed by atoms with Crippen LogP contribution in [-0.2, 0) is 15.7 Å². The number of nitrogens with one attached hydrogen (secondary N) is 1. The topological polar surface area (TPSA) is 83.1 Å². The van der Waals surface area contributed by atoms with Crippen molar-refractivity contribution < 1.29 is 41.7 Å². The highest BCUT2D eigenvalue weighted by molar-refractivity contribution is 6.31. The molecule has 0 aliphatic heterocycles. The van der Waals surface area contributed by atoms with Crippen LogP contribution >= 0.6 is 11.6 Å². The van der Waals surface area contributed by atoms with Gasteiger partial charge in [0.25, 0.3) is 5.91 Å². The van der Waals surface area contributed by atoms with Gasteiger partial charge in [-0.15, -0.1) is 0 Å². The third kappa shape index (κ3) is 6.01. The Hall–Kier alpha value is -3.92. The second kappa shape index (κ2) is 11.2. The monoisotopic (exact) mass is 523 g/mol. The van der Waals surface area contributed by atoms with Crippen LogP contribution in [0.25, 0.3) is 0 Å². The van der Waals surface area contributed by atoms with Gasteiger partial charge in [0, 0.05) is 23.4 Å². The first-order valence-electron chi connectivity index (χ1n) is 10.3. The Morgan fingerprint density at radius 2 is 1.47 bits per heavy atom. The summed E-state index contributed by atoms with van der Waals surface area (Å²) in [6, 6.07) is 13.6. The van der Waals surface area contributed by atoms with Crippen molar-refractivity contribution in [2.75, 3.05) is 26.6 Å². The van der Waals surface area contributed by atoms with E-state index < -0.39 is 34.7 Å². The first-order chi connectivity index (χ1) is 17.1. The summed E-state index contributed by atoms with van der Waals surface area (Å²) in [5.74, 6) is -1.22. The van der Waals surface area contributed by atoms with Crippen molar-refractivity contribution in [2.24, 2.45) is 0 Å². The van der Waals surface area contributed by atoms with Crippen LogP contribution in [0.3, 0.4) is 0 Å². The third-order valence-corrected chi connectivity index (χ3v) is 5.36. The fourth-order valence-electron chi connectivity index (χ4n) is 3.29. The summed E-state index contributed by atoms with van der Waals surface area (Å²) in [6.07, 6.45) is -6.24. The quantitative estimate of drug-likeness (QED) is 0.369. The zero-order valence-electron chi connectivity index (χ0n) is 19.3. The Bertz CT molecular complexity index is 1250. The van der Waals surface area contributed by atoms with Crippen molar-refractivity contribution in [3.8, 4) is 17.2 Å². The maximum atomic E-state index is 13.2. The zero-order chi connectivity index (χ0) is 26.5. The maximum absolute atomic E-state index is 13.2. The van der Waals surface area contributed by atoms with E-state index in [9.17, 15) is 22.8 Å². The van der Waals surface area contributed by atoms with Crippen LogP contribution < -0.4 is 19.5 Å². The number of anilines is 1. The molecule has 0 saturated carbocycles. The van der Waals surface area contributed by atoms with Gasteiger partial charge in [-0.05, 0) is 18.2 Å². The number of esters is 1. The highest BCUT2D eigenvalue weighted by Crippen LogP contribution is 2.37. The third-order valence-electron chi connectivity index (χ3n) is 5.03. The normalized spacial score (nSPS) is 11.9. The Morgan fingerprint density at radius 1 is 0.861 bits per heavy atom. The minimum absolute atomic E-state index is 0.0604. The minimum atomic E-state index is -4.73. The summed E-state index contributed by atoms with van der Waals surface area (Å²) in [6.45, 7) is 0. The summed E-state index contributed by atoms with van der Waals surface area (Å²) in [7, 11) is 4.12. The molecule has 7 nitrogen and oxygen atoms in total. The summed E-state index contributed by atoms with van der Waals surface area (Å²) in [4.78, 5) is 26.2. The molecule has 0 radical (unpaired) electrons. The van der Waals surface area contributed by atoms with Crippen molar-refractivity contribution in [2.45, 2.75) is 12.3 Å². The van der Waals surface area contributed by atoms with E-state index in [0.717, 1.165) is 6.07 Å². The van der Waals surface area contributed by atoms with E-state index in [-0.39, 0.29) is 28.3 Å². The molecule has 1 atom stereocenters. The van der Waals surface area contributed by atoms with E-state index in [1.807, 2.05) is 0 Å². The Kier molecular flexibility index (Phi) is 8.31. The van der Waals surface area contributed by atoms with Crippen LogP contribution in [-0.4, -0.2) is 33.2 Å². The van der Waals surface area contributed by atoms with Crippen LogP contribution in [0.15, 0.2) is 60.7 Å². The van der Waals surface area contributed by atoms with Gasteiger partial charge in [0.2, 0.25) is 6.10 Å². The number of halogens is 4. The lowest BCUT2D eigenvalue weighted by Crippen LogP contribution is -2.26. The van der Waals surface area contributed by atoms with E-state index >= 15 is 0 Å². The first-order valence-corrected chi connectivity index (χ1v) is 10.7. The lowest BCUT2D eigenvalue weighted by molar-refractivity contribution is -0.137. The molecule has 0 aliphatic carbocycles. The van der Waals surface area contributed by atoms with Gasteiger partial charge in [0.05, 0.1) is 31.9 Å². The van der Waals surface area contributed by atoms with E-state index in [0.29, 0.717) is 11.8 Å². The molecule has 3 aromatic rings. The summed E-state index contributed by atoms with van der Waals surface area (Å²) >= 11 is 5.65. The number of amides is 1. The van der Waals surface area contributed by atoms with Crippen molar-refractivity contribution >= 4 is 29.2 Å². The lowest BCUT2D eigenvalue weighted by atomic mass is 10.1. The molecular formula is C25H21ClF3NO6. The molecular weight excluding hydrogens is 503 g/mol. The van der Waals surface area contributed by atoms with Gasteiger partial charge in [0.1, 0.15) is 11.3 Å². The molecule has 0 fully saturated rings. The fraction of sp³-hybridized carbons (Fsp3) is 0.200. The molecule has 36 heavy (non-hydrogen) atoms. The summed E-state index contributed by atoms with van der Waals surface area (Å²) in [5.41, 5.74) is -1.08. The molecule has 0 aromatic heterocycles. The number of rotatable bonds is 8. The number of ether oxygens (including phenoxy) is 4. The molecule has 11 heteroatoms. The highest BCUT2D eigenvalue weighted by Gasteiger charge is 2.34. The van der Waals surface area contributed by atoms with Gasteiger partial charge >= 0.3 is 12.1 Å². The number of alkyl halides is 3. The predicted molar refractivity (Wildman–Crippen MR) is 126 cm³/mol. The Balaban J connectivity index is 1.95. The van der Waals surface area contributed by atoms with Crippen LogP contribution in [0, 0.1) is 0 Å². The zero-order valence-corrected chi connectivity index (χ0v) is 20.1. The molecule has 1 N–H and O–H groups in total. The predicted octanol–water partition coefficient (Wildman–Crippen LogP) is 5.92. The SMILES string of the molecule is COc1cc(OC)c(C(=O)O[C@H](C(=O)Nc2ccc(Cl)c(C(F)(F)F)c2)c2ccccc2)cc1OC. The Morgan fingerprint density at radius 3 is 2.06 bits per heavy atom. The minimum Gasteiger partial charge on any atom is -0.496 e. The molecule has 3 rings (SSSR count). The first kappa shape index (κ1) is 26.7. The van der Waals surface area contributed by atoms with Gasteiger partial charge < -0.3 is 24.3 Å². The summed E-state index contributed by atoms with van der Waals surface area (Å²) in [5, 5.41) is 1.83. The molecule has 3 aromatic carbocycles. The average Bonchev–Trinajstić information content (AvgIpc) is 2.87. The number of carbonyl (C=O) groups excluding carboxylic acids is 2. The number of carbonyl (C=O) groups is 2. The van der Waals surface area contributed by atoms with E-state index in [4.69, 9.17) is 30.5 Å². The van der Waals surface area contributed by atoms with E-state index in [1.165, 1.54) is 51.7 Å². The molecule has 0 aliphatic rings. The van der Waals surface area contributed by atoms with Crippen LogP contribution in [0.4, 0.5) is 18.9 Å². The van der Waals surface area contributed by atoms with Crippen molar-refractivity contribution in [3.63, 3.8) is 0 Å². The molecule has 0 heterocycles. The number of benzene rings is 3. The van der Waals surface area contributed by atoms with Crippen LogP contribution in [0.5, 0.6) is 17.2 Å². The summed E-state index contributed by atoms with van der Waals surface area (Å²) < 4.78 is 60.9. The molecule has 0 saturated heterocycles. The van der Waals surface area contributed by atoms with E-state index in [1.54, 1.807) is 18.2 Å². The largest absolute Gasteiger partial charge is 0.496 e. The van der Waals surface area contributed by atoms with E-state index in [2.05, 4.69) is 5.32 Å². The number of hydrogen-bond donors (Lipinski definition) is 1. The highest BCUT2D eigenvalue weighted by atomic mass is 35.5. The van der Waals surface area contributed by atoms with Crippen molar-refractivity contribution in [1.82, 2.24) is 0 Å². The second-order valence-electron chi connectivity index (χ2n) is 7.29. The average molecular weight is 524 g/mol. The Labute approximate surface area is 209 Å². The second-order valence-corrected chi connectivity index (χ2v) is 7.69. The molecule has 1 amide bonds. The van der Waals surface area contributed by atoms with Gasteiger partial charge in [0.15, 0.2) is 11.5 Å². The molecule has 0 bridgehead atoms. The standard InChI is InChI=1S/C25H21ClF3NO6/c1-33-19-13-21(35-3)20(34-2)12-16(19)24(32)36-22(14-7-5-4-6-8-14)23(31)30-15-9-10-18(26)17(11-15)25(27,28)29/h4-13,22H,1-3H3,(H,30,31)/t22-/m0/s1. The lowest BCUT2D eigenvalue weighted by Gasteiger charge is -2.20. The number of hydrogen-bond acceptors (Lipinski definition) is 6. The maximum Gasteiger partial charge on any atom is 0.417 e. The van der Waals surface area contributed by atoms with Gasteiger partial charge in [-0.25, -0.2) is 4.79 Å².